The Morgan fingerprint density at radius 2 is 1.66 bits per heavy atom. The van der Waals surface area contributed by atoms with Crippen LogP contribution < -0.4 is 16.0 Å². The van der Waals surface area contributed by atoms with Gasteiger partial charge in [0.25, 0.3) is 0 Å². The van der Waals surface area contributed by atoms with Crippen molar-refractivity contribution in [1.82, 2.24) is 10.6 Å². The molecule has 0 aromatic heterocycles. The molecule has 2 aromatic rings. The highest BCUT2D eigenvalue weighted by Gasteiger charge is 2.28. The van der Waals surface area contributed by atoms with Crippen LogP contribution in [0.25, 0.3) is 0 Å². The van der Waals surface area contributed by atoms with Crippen molar-refractivity contribution in [2.75, 3.05) is 5.32 Å². The van der Waals surface area contributed by atoms with E-state index < -0.39 is 30.3 Å². The number of aliphatic carboxylic acids is 1. The third kappa shape index (κ3) is 7.49. The summed E-state index contributed by atoms with van der Waals surface area (Å²) in [5.41, 5.74) is 1.12. The molecule has 156 valence electrons. The van der Waals surface area contributed by atoms with E-state index in [1.54, 1.807) is 54.6 Å². The summed E-state index contributed by atoms with van der Waals surface area (Å²) in [6, 6.07) is 13.4. The molecule has 2 rings (SSSR count). The first kappa shape index (κ1) is 22.9. The summed E-state index contributed by atoms with van der Waals surface area (Å²) in [5, 5.41) is 28.4. The van der Waals surface area contributed by atoms with E-state index in [1.807, 2.05) is 13.8 Å². The number of rotatable bonds is 9. The van der Waals surface area contributed by atoms with Crippen molar-refractivity contribution in [3.8, 4) is 0 Å². The van der Waals surface area contributed by atoms with Crippen LogP contribution in [0.5, 0.6) is 0 Å². The molecule has 0 saturated carbocycles. The second-order valence-electron chi connectivity index (χ2n) is 7.13. The van der Waals surface area contributed by atoms with Crippen molar-refractivity contribution < 1.29 is 19.8 Å². The highest BCUT2D eigenvalue weighted by Crippen LogP contribution is 2.17. The second-order valence-corrected chi connectivity index (χ2v) is 8.05. The minimum Gasteiger partial charge on any atom is -0.480 e. The molecule has 0 fully saturated rings. The molecule has 8 heteroatoms. The van der Waals surface area contributed by atoms with Gasteiger partial charge in [-0.05, 0) is 42.2 Å². The van der Waals surface area contributed by atoms with Crippen molar-refractivity contribution in [3.63, 3.8) is 0 Å². The molecule has 1 unspecified atom stereocenters. The summed E-state index contributed by atoms with van der Waals surface area (Å²) >= 11 is 3.33. The van der Waals surface area contributed by atoms with E-state index in [0.29, 0.717) is 17.7 Å². The Labute approximate surface area is 178 Å². The number of anilines is 1. The number of aliphatic hydroxyl groups excluding tert-OH is 1. The number of nitrogens with one attached hydrogen (secondary N) is 3. The van der Waals surface area contributed by atoms with E-state index in [1.165, 1.54) is 0 Å². The summed E-state index contributed by atoms with van der Waals surface area (Å²) in [6.07, 6.45) is -0.794. The Morgan fingerprint density at radius 3 is 2.21 bits per heavy atom. The summed E-state index contributed by atoms with van der Waals surface area (Å²) in [5.74, 6) is -0.942. The fraction of sp³-hybridized carbons (Fsp3) is 0.333. The van der Waals surface area contributed by atoms with E-state index in [-0.39, 0.29) is 5.92 Å². The first-order valence-electron chi connectivity index (χ1n) is 9.31. The number of benzene rings is 2. The number of hydrogen-bond acceptors (Lipinski definition) is 4. The van der Waals surface area contributed by atoms with Crippen LogP contribution in [0.4, 0.5) is 10.5 Å². The lowest BCUT2D eigenvalue weighted by atomic mass is 10.0. The molecule has 5 N–H and O–H groups in total. The largest absolute Gasteiger partial charge is 0.480 e. The van der Waals surface area contributed by atoms with Gasteiger partial charge in [0.1, 0.15) is 12.3 Å². The highest BCUT2D eigenvalue weighted by atomic mass is 79.9. The van der Waals surface area contributed by atoms with Gasteiger partial charge in [0.2, 0.25) is 0 Å². The van der Waals surface area contributed by atoms with Crippen LogP contribution in [0.3, 0.4) is 0 Å². The standard InChI is InChI=1S/C21H26BrN3O4/c1-13(2)12-17(24-21(29)23-16-10-8-15(22)9-11-16)19(26)25-18(20(27)28)14-6-4-3-5-7-14/h3-11,13,17-19,25-26H,12H2,1-2H3,(H,27,28)(H2,23,24,29)/t17-,18-,19?/m0/s1. The first-order valence-corrected chi connectivity index (χ1v) is 10.1. The molecule has 3 atom stereocenters. The van der Waals surface area contributed by atoms with Crippen LogP contribution >= 0.6 is 15.9 Å². The van der Waals surface area contributed by atoms with Crippen molar-refractivity contribution in [3.05, 3.63) is 64.6 Å². The van der Waals surface area contributed by atoms with E-state index in [2.05, 4.69) is 31.9 Å². The maximum absolute atomic E-state index is 12.4. The van der Waals surface area contributed by atoms with Gasteiger partial charge in [0, 0.05) is 10.2 Å². The fourth-order valence-electron chi connectivity index (χ4n) is 2.89. The van der Waals surface area contributed by atoms with Crippen LogP contribution in [0.1, 0.15) is 31.9 Å². The number of carboxylic acids is 1. The van der Waals surface area contributed by atoms with E-state index in [0.717, 1.165) is 4.47 Å². The Bertz CT molecular complexity index is 799. The number of hydrogen-bond donors (Lipinski definition) is 5. The lowest BCUT2D eigenvalue weighted by molar-refractivity contribution is -0.141. The zero-order chi connectivity index (χ0) is 21.4. The Kier molecular flexibility index (Phi) is 8.63. The molecule has 0 spiro atoms. The number of halogens is 1. The van der Waals surface area contributed by atoms with Gasteiger partial charge >= 0.3 is 12.0 Å². The van der Waals surface area contributed by atoms with Gasteiger partial charge in [-0.25, -0.2) is 4.79 Å². The zero-order valence-corrected chi connectivity index (χ0v) is 17.9. The normalized spacial score (nSPS) is 14.1. The number of carboxylic acid groups (broad SMARTS) is 1. The molecule has 2 amide bonds. The van der Waals surface area contributed by atoms with Crippen LogP contribution in [0.2, 0.25) is 0 Å². The molecular formula is C21H26BrN3O4. The monoisotopic (exact) mass is 463 g/mol. The average molecular weight is 464 g/mol. The minimum atomic E-state index is -1.26. The number of aliphatic hydroxyl groups is 1. The van der Waals surface area contributed by atoms with Gasteiger partial charge in [-0.15, -0.1) is 0 Å². The fourth-order valence-corrected chi connectivity index (χ4v) is 3.15. The maximum atomic E-state index is 12.4. The van der Waals surface area contributed by atoms with Crippen molar-refractivity contribution >= 4 is 33.6 Å². The summed E-state index contributed by atoms with van der Waals surface area (Å²) in [7, 11) is 0. The molecule has 0 saturated heterocycles. The SMILES string of the molecule is CC(C)C[C@H](NC(=O)Nc1ccc(Br)cc1)C(O)N[C@H](C(=O)O)c1ccccc1. The second kappa shape index (κ2) is 10.9. The average Bonchev–Trinajstić information content (AvgIpc) is 2.67. The van der Waals surface area contributed by atoms with Gasteiger partial charge in [-0.3, -0.25) is 10.1 Å². The van der Waals surface area contributed by atoms with Gasteiger partial charge in [-0.1, -0.05) is 60.1 Å². The van der Waals surface area contributed by atoms with Crippen LogP contribution in [0.15, 0.2) is 59.1 Å². The topological polar surface area (TPSA) is 111 Å². The predicted octanol–water partition coefficient (Wildman–Crippen LogP) is 3.72. The smallest absolute Gasteiger partial charge is 0.325 e. The number of carbonyl (C=O) groups excluding carboxylic acids is 1. The summed E-state index contributed by atoms with van der Waals surface area (Å²) in [6.45, 7) is 3.92. The lowest BCUT2D eigenvalue weighted by Gasteiger charge is -2.29. The van der Waals surface area contributed by atoms with Gasteiger partial charge in [0.15, 0.2) is 0 Å². The molecule has 2 aromatic carbocycles. The van der Waals surface area contributed by atoms with Crippen molar-refractivity contribution in [2.24, 2.45) is 5.92 Å². The number of carbonyl (C=O) groups is 2. The molecule has 0 aliphatic rings. The third-order valence-corrected chi connectivity index (χ3v) is 4.77. The predicted molar refractivity (Wildman–Crippen MR) is 116 cm³/mol. The Hall–Kier alpha value is -2.42. The van der Waals surface area contributed by atoms with E-state index >= 15 is 0 Å². The van der Waals surface area contributed by atoms with Gasteiger partial charge in [-0.2, -0.15) is 0 Å². The molecule has 0 aliphatic carbocycles. The lowest BCUT2D eigenvalue weighted by Crippen LogP contribution is -2.53. The zero-order valence-electron chi connectivity index (χ0n) is 16.3. The first-order chi connectivity index (χ1) is 13.8. The Balaban J connectivity index is 2.07. The number of urea groups is 1. The van der Waals surface area contributed by atoms with Crippen molar-refractivity contribution in [1.29, 1.82) is 0 Å². The molecule has 0 bridgehead atoms. The maximum Gasteiger partial charge on any atom is 0.325 e. The quantitative estimate of drug-likeness (QED) is 0.364. The van der Waals surface area contributed by atoms with Crippen molar-refractivity contribution in [2.45, 2.75) is 38.6 Å². The molecule has 7 nitrogen and oxygen atoms in total. The summed E-state index contributed by atoms with van der Waals surface area (Å²) in [4.78, 5) is 24.1. The molecule has 29 heavy (non-hydrogen) atoms. The molecule has 0 aliphatic heterocycles. The van der Waals surface area contributed by atoms with E-state index in [9.17, 15) is 19.8 Å². The molecule has 0 heterocycles. The third-order valence-electron chi connectivity index (χ3n) is 4.24. The number of amides is 2. The molecular weight excluding hydrogens is 438 g/mol. The molecule has 0 radical (unpaired) electrons. The van der Waals surface area contributed by atoms with Gasteiger partial charge < -0.3 is 20.8 Å². The highest BCUT2D eigenvalue weighted by molar-refractivity contribution is 9.10. The van der Waals surface area contributed by atoms with Crippen LogP contribution in [-0.2, 0) is 4.79 Å². The van der Waals surface area contributed by atoms with Crippen LogP contribution in [-0.4, -0.2) is 34.5 Å². The van der Waals surface area contributed by atoms with Crippen LogP contribution in [0, 0.1) is 5.92 Å². The van der Waals surface area contributed by atoms with E-state index in [4.69, 9.17) is 0 Å². The summed E-state index contributed by atoms with van der Waals surface area (Å²) < 4.78 is 0.890. The minimum absolute atomic E-state index is 0.171. The van der Waals surface area contributed by atoms with Gasteiger partial charge in [0.05, 0.1) is 6.04 Å². The Morgan fingerprint density at radius 1 is 1.03 bits per heavy atom.